The normalized spacial score (nSPS) is 10.8. The van der Waals surface area contributed by atoms with E-state index < -0.39 is 5.97 Å². The van der Waals surface area contributed by atoms with Crippen LogP contribution in [0.4, 0.5) is 0 Å². The minimum Gasteiger partial charge on any atom is -0.492 e. The molecule has 3 aromatic rings. The molecule has 112 valence electrons. The molecule has 0 saturated heterocycles. The molecule has 0 radical (unpaired) electrons. The Morgan fingerprint density at radius 3 is 2.82 bits per heavy atom. The maximum absolute atomic E-state index is 11.7. The van der Waals surface area contributed by atoms with Crippen LogP contribution in [0.25, 0.3) is 16.6 Å². The van der Waals surface area contributed by atoms with Crippen molar-refractivity contribution in [1.82, 2.24) is 4.40 Å². The van der Waals surface area contributed by atoms with Crippen molar-refractivity contribution in [2.75, 3.05) is 6.61 Å². The number of carbonyl (C=O) groups is 1. The molecule has 5 heteroatoms. The lowest BCUT2D eigenvalue weighted by Gasteiger charge is -2.07. The second-order valence-electron chi connectivity index (χ2n) is 4.79. The molecule has 0 unspecified atom stereocenters. The van der Waals surface area contributed by atoms with Gasteiger partial charge in [0.25, 0.3) is 0 Å². The summed E-state index contributed by atoms with van der Waals surface area (Å²) in [5.74, 6) is -0.373. The van der Waals surface area contributed by atoms with E-state index in [0.717, 1.165) is 5.56 Å². The fourth-order valence-electron chi connectivity index (χ4n) is 2.51. The quantitative estimate of drug-likeness (QED) is 0.778. The smallest absolute Gasteiger partial charge is 0.338 e. The van der Waals surface area contributed by atoms with Crippen LogP contribution in [0, 0.1) is 0 Å². The molecule has 0 spiro atoms. The number of rotatable bonds is 4. The van der Waals surface area contributed by atoms with Crippen molar-refractivity contribution in [2.45, 2.75) is 6.92 Å². The molecule has 2 heterocycles. The highest BCUT2D eigenvalue weighted by Crippen LogP contribution is 2.34. The van der Waals surface area contributed by atoms with Crippen molar-refractivity contribution in [3.63, 3.8) is 0 Å². The van der Waals surface area contributed by atoms with E-state index >= 15 is 0 Å². The van der Waals surface area contributed by atoms with Crippen LogP contribution in [-0.2, 0) is 0 Å². The van der Waals surface area contributed by atoms with Gasteiger partial charge in [0.15, 0.2) is 0 Å². The Bertz CT molecular complexity index is 854. The fourth-order valence-corrected chi connectivity index (χ4v) is 2.74. The lowest BCUT2D eigenvalue weighted by molar-refractivity contribution is 0.0700. The summed E-state index contributed by atoms with van der Waals surface area (Å²) in [6.45, 7) is 2.41. The topological polar surface area (TPSA) is 50.9 Å². The molecule has 2 aromatic heterocycles. The number of carboxylic acid groups (broad SMARTS) is 1. The number of nitrogens with zero attached hydrogens (tertiary/aromatic N) is 1. The maximum atomic E-state index is 11.7. The molecule has 0 aliphatic carbocycles. The third-order valence-electron chi connectivity index (χ3n) is 3.44. The first-order valence-electron chi connectivity index (χ1n) is 6.87. The van der Waals surface area contributed by atoms with E-state index in [1.54, 1.807) is 28.8 Å². The Balaban J connectivity index is 2.19. The monoisotopic (exact) mass is 315 g/mol. The first kappa shape index (κ1) is 14.5. The minimum atomic E-state index is -0.964. The van der Waals surface area contributed by atoms with E-state index in [2.05, 4.69) is 0 Å². The van der Waals surface area contributed by atoms with Crippen LogP contribution in [0.1, 0.15) is 17.3 Å². The molecule has 0 amide bonds. The number of benzene rings is 1. The number of aromatic carboxylic acids is 1. The Morgan fingerprint density at radius 1 is 1.32 bits per heavy atom. The number of carboxylic acids is 1. The van der Waals surface area contributed by atoms with Crippen LogP contribution >= 0.6 is 11.6 Å². The number of hydrogen-bond donors (Lipinski definition) is 1. The summed E-state index contributed by atoms with van der Waals surface area (Å²) in [6, 6.07) is 10.8. The highest BCUT2D eigenvalue weighted by atomic mass is 35.5. The van der Waals surface area contributed by atoms with Gasteiger partial charge in [-0.3, -0.25) is 0 Å². The summed E-state index contributed by atoms with van der Waals surface area (Å²) in [6.07, 6.45) is 3.62. The van der Waals surface area contributed by atoms with E-state index in [9.17, 15) is 9.90 Å². The average Bonchev–Trinajstić information content (AvgIpc) is 2.89. The number of hydrogen-bond acceptors (Lipinski definition) is 2. The maximum Gasteiger partial charge on any atom is 0.338 e. The molecule has 3 rings (SSSR count). The van der Waals surface area contributed by atoms with Gasteiger partial charge in [-0.15, -0.1) is 0 Å². The van der Waals surface area contributed by atoms with Crippen molar-refractivity contribution in [1.29, 1.82) is 0 Å². The average molecular weight is 316 g/mol. The summed E-state index contributed by atoms with van der Waals surface area (Å²) in [4.78, 5) is 11.7. The van der Waals surface area contributed by atoms with Crippen molar-refractivity contribution in [3.8, 4) is 16.9 Å². The molecular weight excluding hydrogens is 302 g/mol. The summed E-state index contributed by atoms with van der Waals surface area (Å²) in [7, 11) is 0. The Kier molecular flexibility index (Phi) is 3.77. The molecule has 1 N–H and O–H groups in total. The highest BCUT2D eigenvalue weighted by Gasteiger charge is 2.18. The van der Waals surface area contributed by atoms with Crippen molar-refractivity contribution in [2.24, 2.45) is 0 Å². The molecule has 0 bridgehead atoms. The third kappa shape index (κ3) is 2.42. The zero-order chi connectivity index (χ0) is 15.7. The predicted molar refractivity (Wildman–Crippen MR) is 86.0 cm³/mol. The molecule has 0 saturated carbocycles. The molecular formula is C17H14ClNO3. The Labute approximate surface area is 132 Å². The first-order chi connectivity index (χ1) is 10.6. The summed E-state index contributed by atoms with van der Waals surface area (Å²) < 4.78 is 7.21. The summed E-state index contributed by atoms with van der Waals surface area (Å²) in [5, 5.41) is 10.0. The molecule has 4 nitrogen and oxygen atoms in total. The molecule has 0 aliphatic rings. The number of pyridine rings is 1. The van der Waals surface area contributed by atoms with Gasteiger partial charge in [0.05, 0.1) is 22.7 Å². The van der Waals surface area contributed by atoms with Crippen LogP contribution < -0.4 is 4.74 Å². The van der Waals surface area contributed by atoms with Crippen LogP contribution in [-0.4, -0.2) is 22.1 Å². The first-order valence-corrected chi connectivity index (χ1v) is 7.25. The van der Waals surface area contributed by atoms with Crippen molar-refractivity contribution >= 4 is 23.1 Å². The van der Waals surface area contributed by atoms with E-state index in [1.807, 2.05) is 31.3 Å². The van der Waals surface area contributed by atoms with Crippen molar-refractivity contribution in [3.05, 3.63) is 59.4 Å². The largest absolute Gasteiger partial charge is 0.492 e. The van der Waals surface area contributed by atoms with Crippen LogP contribution in [0.3, 0.4) is 0 Å². The summed E-state index contributed by atoms with van der Waals surface area (Å²) in [5.41, 5.74) is 2.29. The predicted octanol–water partition coefficient (Wildman–Crippen LogP) is 4.36. The van der Waals surface area contributed by atoms with E-state index in [4.69, 9.17) is 16.3 Å². The van der Waals surface area contributed by atoms with E-state index in [1.165, 1.54) is 0 Å². The molecule has 0 atom stereocenters. The second-order valence-corrected chi connectivity index (χ2v) is 5.20. The van der Waals surface area contributed by atoms with Crippen LogP contribution in [0.2, 0.25) is 5.02 Å². The molecule has 1 aromatic carbocycles. The zero-order valence-electron chi connectivity index (χ0n) is 11.9. The van der Waals surface area contributed by atoms with Crippen LogP contribution in [0.5, 0.6) is 5.75 Å². The minimum absolute atomic E-state index is 0.265. The molecule has 0 aliphatic heterocycles. The number of aromatic nitrogens is 1. The standard InChI is InChI=1S/C17H14ClNO3/c1-2-22-15-7-6-11(9-13(15)18)12-10-19-8-4-3-5-14(19)16(12)17(20)21/h3-10H,2H2,1H3,(H,20,21). The van der Waals surface area contributed by atoms with Gasteiger partial charge in [0.1, 0.15) is 5.75 Å². The van der Waals surface area contributed by atoms with Gasteiger partial charge in [-0.25, -0.2) is 4.79 Å². The summed E-state index contributed by atoms with van der Waals surface area (Å²) >= 11 is 6.21. The Hall–Kier alpha value is -2.46. The third-order valence-corrected chi connectivity index (χ3v) is 3.74. The SMILES string of the molecule is CCOc1ccc(-c2cn3ccccc3c2C(=O)O)cc1Cl. The van der Waals surface area contributed by atoms with Gasteiger partial charge in [-0.05, 0) is 36.8 Å². The number of ether oxygens (including phenoxy) is 1. The van der Waals surface area contributed by atoms with Gasteiger partial charge in [0.2, 0.25) is 0 Å². The number of fused-ring (bicyclic) bond motifs is 1. The molecule has 22 heavy (non-hydrogen) atoms. The highest BCUT2D eigenvalue weighted by molar-refractivity contribution is 6.32. The zero-order valence-corrected chi connectivity index (χ0v) is 12.7. The van der Waals surface area contributed by atoms with Gasteiger partial charge >= 0.3 is 5.97 Å². The van der Waals surface area contributed by atoms with Gasteiger partial charge in [-0.1, -0.05) is 23.7 Å². The van der Waals surface area contributed by atoms with E-state index in [-0.39, 0.29) is 5.56 Å². The van der Waals surface area contributed by atoms with E-state index in [0.29, 0.717) is 28.5 Å². The van der Waals surface area contributed by atoms with Gasteiger partial charge in [0, 0.05) is 18.0 Å². The number of halogens is 1. The van der Waals surface area contributed by atoms with Crippen LogP contribution in [0.15, 0.2) is 48.8 Å². The second kappa shape index (κ2) is 5.73. The lowest BCUT2D eigenvalue weighted by atomic mass is 10.0. The van der Waals surface area contributed by atoms with Crippen molar-refractivity contribution < 1.29 is 14.6 Å². The fraction of sp³-hybridized carbons (Fsp3) is 0.118. The lowest BCUT2D eigenvalue weighted by Crippen LogP contribution is -1.98. The molecule has 0 fully saturated rings. The van der Waals surface area contributed by atoms with Gasteiger partial charge in [-0.2, -0.15) is 0 Å². The van der Waals surface area contributed by atoms with Gasteiger partial charge < -0.3 is 14.2 Å². The Morgan fingerprint density at radius 2 is 2.14 bits per heavy atom.